The minimum Gasteiger partial charge on any atom is -0.471 e. The zero-order valence-electron chi connectivity index (χ0n) is 13.7. The van der Waals surface area contributed by atoms with Crippen LogP contribution < -0.4 is 4.74 Å². The maximum Gasteiger partial charge on any atom is 0.232 e. The van der Waals surface area contributed by atoms with Crippen LogP contribution in [-0.2, 0) is 11.2 Å². The molecule has 7 heteroatoms. The Hall–Kier alpha value is -2.96. The van der Waals surface area contributed by atoms with Crippen molar-refractivity contribution in [2.24, 2.45) is 0 Å². The Morgan fingerprint density at radius 1 is 1.32 bits per heavy atom. The highest BCUT2D eigenvalue weighted by Gasteiger charge is 2.26. The number of carbonyl (C=O) groups is 1. The summed E-state index contributed by atoms with van der Waals surface area (Å²) in [4.78, 5) is 22.6. The normalized spacial score (nSPS) is 17.6. The van der Waals surface area contributed by atoms with Crippen molar-refractivity contribution in [2.75, 3.05) is 13.1 Å². The largest absolute Gasteiger partial charge is 0.471 e. The van der Waals surface area contributed by atoms with Gasteiger partial charge in [0.05, 0.1) is 19.2 Å². The third kappa shape index (κ3) is 3.45. The van der Waals surface area contributed by atoms with Crippen molar-refractivity contribution in [2.45, 2.75) is 25.4 Å². The number of piperidine rings is 1. The molecule has 1 aliphatic rings. The number of benzene rings is 1. The van der Waals surface area contributed by atoms with Gasteiger partial charge in [0, 0.05) is 24.3 Å². The fourth-order valence-corrected chi connectivity index (χ4v) is 3.10. The number of hydrogen-bond donors (Lipinski definition) is 0. The lowest BCUT2D eigenvalue weighted by Gasteiger charge is -2.32. The highest BCUT2D eigenvalue weighted by atomic mass is 16.5. The summed E-state index contributed by atoms with van der Waals surface area (Å²) < 4.78 is 11.1. The molecule has 3 heterocycles. The summed E-state index contributed by atoms with van der Waals surface area (Å²) in [5.74, 6) is 0.524. The van der Waals surface area contributed by atoms with E-state index in [2.05, 4.69) is 15.1 Å². The molecule has 3 aromatic rings. The second kappa shape index (κ2) is 6.88. The van der Waals surface area contributed by atoms with Gasteiger partial charge in [0.1, 0.15) is 11.8 Å². The Kier molecular flexibility index (Phi) is 4.28. The zero-order chi connectivity index (χ0) is 17.1. The quantitative estimate of drug-likeness (QED) is 0.725. The van der Waals surface area contributed by atoms with E-state index in [1.807, 2.05) is 29.2 Å². The molecule has 0 bridgehead atoms. The van der Waals surface area contributed by atoms with Gasteiger partial charge in [-0.1, -0.05) is 17.3 Å². The molecule has 1 saturated heterocycles. The maximum atomic E-state index is 12.7. The van der Waals surface area contributed by atoms with E-state index in [1.54, 1.807) is 18.6 Å². The summed E-state index contributed by atoms with van der Waals surface area (Å²) in [5.41, 5.74) is 1.38. The highest BCUT2D eigenvalue weighted by molar-refractivity contribution is 5.86. The molecular weight excluding hydrogens is 320 g/mol. The van der Waals surface area contributed by atoms with Gasteiger partial charge in [-0.25, -0.2) is 4.98 Å². The number of fused-ring (bicyclic) bond motifs is 1. The lowest BCUT2D eigenvalue weighted by molar-refractivity contribution is -0.133. The standard InChI is InChI=1S/C18H18N4O3/c23-18(10-15-14-5-1-2-6-16(14)25-21-15)22-9-3-4-13(12-22)24-17-11-19-7-8-20-17/h1-2,5-8,11,13H,3-4,9-10,12H2. The predicted molar refractivity (Wildman–Crippen MR) is 90.0 cm³/mol. The number of hydrogen-bond acceptors (Lipinski definition) is 6. The summed E-state index contributed by atoms with van der Waals surface area (Å²) in [6, 6.07) is 7.57. The molecule has 1 unspecified atom stereocenters. The Bertz CT molecular complexity index is 865. The van der Waals surface area contributed by atoms with Crippen LogP contribution in [-0.4, -0.2) is 45.1 Å². The van der Waals surface area contributed by atoms with Crippen LogP contribution in [0.4, 0.5) is 0 Å². The van der Waals surface area contributed by atoms with Crippen LogP contribution in [0.25, 0.3) is 11.0 Å². The van der Waals surface area contributed by atoms with Gasteiger partial charge in [0.15, 0.2) is 5.58 Å². The van der Waals surface area contributed by atoms with Crippen molar-refractivity contribution in [1.29, 1.82) is 0 Å². The molecule has 1 fully saturated rings. The van der Waals surface area contributed by atoms with E-state index in [9.17, 15) is 4.79 Å². The molecule has 0 radical (unpaired) electrons. The lowest BCUT2D eigenvalue weighted by Crippen LogP contribution is -2.45. The van der Waals surface area contributed by atoms with Crippen molar-refractivity contribution in [1.82, 2.24) is 20.0 Å². The lowest BCUT2D eigenvalue weighted by atomic mass is 10.1. The van der Waals surface area contributed by atoms with Crippen LogP contribution in [0.5, 0.6) is 5.88 Å². The Morgan fingerprint density at radius 3 is 3.12 bits per heavy atom. The number of aromatic nitrogens is 3. The summed E-state index contributed by atoms with van der Waals surface area (Å²) in [6.45, 7) is 1.28. The average molecular weight is 338 g/mol. The van der Waals surface area contributed by atoms with Crippen molar-refractivity contribution >= 4 is 16.9 Å². The van der Waals surface area contributed by atoms with Crippen LogP contribution >= 0.6 is 0 Å². The Balaban J connectivity index is 1.41. The molecule has 0 saturated carbocycles. The predicted octanol–water partition coefficient (Wildman–Crippen LogP) is 2.23. The van der Waals surface area contributed by atoms with E-state index in [1.165, 1.54) is 0 Å². The summed E-state index contributed by atoms with van der Waals surface area (Å²) in [6.07, 6.45) is 6.74. The Labute approximate surface area is 144 Å². The number of nitrogens with zero attached hydrogens (tertiary/aromatic N) is 4. The first-order valence-electron chi connectivity index (χ1n) is 8.33. The Morgan fingerprint density at radius 2 is 2.24 bits per heavy atom. The van der Waals surface area contributed by atoms with E-state index in [4.69, 9.17) is 9.26 Å². The molecule has 1 atom stereocenters. The SMILES string of the molecule is O=C(Cc1noc2ccccc12)N1CCCC(Oc2cnccn2)C1. The van der Waals surface area contributed by atoms with Gasteiger partial charge >= 0.3 is 0 Å². The molecule has 2 aromatic heterocycles. The molecule has 1 aromatic carbocycles. The van der Waals surface area contributed by atoms with Crippen molar-refractivity contribution in [3.8, 4) is 5.88 Å². The van der Waals surface area contributed by atoms with Crippen LogP contribution in [0, 0.1) is 0 Å². The monoisotopic (exact) mass is 338 g/mol. The van der Waals surface area contributed by atoms with Gasteiger partial charge in [0.2, 0.25) is 11.8 Å². The minimum atomic E-state index is -0.0662. The van der Waals surface area contributed by atoms with Crippen LogP contribution in [0.1, 0.15) is 18.5 Å². The number of rotatable bonds is 4. The number of para-hydroxylation sites is 1. The van der Waals surface area contributed by atoms with Crippen LogP contribution in [0.2, 0.25) is 0 Å². The van der Waals surface area contributed by atoms with Crippen LogP contribution in [0.3, 0.4) is 0 Å². The molecular formula is C18H18N4O3. The maximum absolute atomic E-state index is 12.7. The fourth-order valence-electron chi connectivity index (χ4n) is 3.10. The number of ether oxygens (including phenoxy) is 1. The first kappa shape index (κ1) is 15.6. The molecule has 0 spiro atoms. The van der Waals surface area contributed by atoms with Gasteiger partial charge in [-0.15, -0.1) is 0 Å². The molecule has 1 amide bonds. The van der Waals surface area contributed by atoms with Crippen molar-refractivity contribution in [3.05, 3.63) is 48.5 Å². The molecule has 128 valence electrons. The smallest absolute Gasteiger partial charge is 0.232 e. The van der Waals surface area contributed by atoms with Gasteiger partial charge in [-0.3, -0.25) is 9.78 Å². The second-order valence-corrected chi connectivity index (χ2v) is 6.07. The van der Waals surface area contributed by atoms with Gasteiger partial charge in [-0.2, -0.15) is 0 Å². The zero-order valence-corrected chi connectivity index (χ0v) is 13.7. The fraction of sp³-hybridized carbons (Fsp3) is 0.333. The van der Waals surface area contributed by atoms with Gasteiger partial charge in [0.25, 0.3) is 0 Å². The van der Waals surface area contributed by atoms with Crippen LogP contribution in [0.15, 0.2) is 47.4 Å². The molecule has 0 aliphatic carbocycles. The summed E-state index contributed by atoms with van der Waals surface area (Å²) in [5, 5.41) is 4.93. The summed E-state index contributed by atoms with van der Waals surface area (Å²) in [7, 11) is 0. The minimum absolute atomic E-state index is 0.0338. The molecule has 7 nitrogen and oxygen atoms in total. The van der Waals surface area contributed by atoms with Crippen molar-refractivity contribution in [3.63, 3.8) is 0 Å². The molecule has 0 N–H and O–H groups in total. The first-order valence-corrected chi connectivity index (χ1v) is 8.33. The van der Waals surface area contributed by atoms with E-state index in [0.717, 1.165) is 24.8 Å². The van der Waals surface area contributed by atoms with E-state index < -0.39 is 0 Å². The van der Waals surface area contributed by atoms with E-state index >= 15 is 0 Å². The molecule has 25 heavy (non-hydrogen) atoms. The second-order valence-electron chi connectivity index (χ2n) is 6.07. The van der Waals surface area contributed by atoms with Gasteiger partial charge < -0.3 is 14.2 Å². The molecule has 1 aliphatic heterocycles. The van der Waals surface area contributed by atoms with E-state index in [-0.39, 0.29) is 18.4 Å². The molecule has 4 rings (SSSR count). The number of carbonyl (C=O) groups excluding carboxylic acids is 1. The van der Waals surface area contributed by atoms with Gasteiger partial charge in [-0.05, 0) is 25.0 Å². The highest BCUT2D eigenvalue weighted by Crippen LogP contribution is 2.20. The number of amides is 1. The average Bonchev–Trinajstić information content (AvgIpc) is 3.06. The first-order chi connectivity index (χ1) is 12.3. The van der Waals surface area contributed by atoms with E-state index in [0.29, 0.717) is 23.7 Å². The van der Waals surface area contributed by atoms with Crippen molar-refractivity contribution < 1.29 is 14.1 Å². The topological polar surface area (TPSA) is 81.4 Å². The third-order valence-corrected chi connectivity index (χ3v) is 4.33. The summed E-state index contributed by atoms with van der Waals surface area (Å²) >= 11 is 0. The number of likely N-dealkylation sites (tertiary alicyclic amines) is 1. The third-order valence-electron chi connectivity index (χ3n) is 4.33.